The van der Waals surface area contributed by atoms with E-state index < -0.39 is 17.4 Å². The van der Waals surface area contributed by atoms with Crippen LogP contribution in [0.5, 0.6) is 5.88 Å². The Morgan fingerprint density at radius 2 is 1.59 bits per heavy atom. The van der Waals surface area contributed by atoms with Gasteiger partial charge in [-0.1, -0.05) is 50.7 Å². The number of amides is 1. The van der Waals surface area contributed by atoms with Gasteiger partial charge in [0, 0.05) is 17.6 Å². The lowest BCUT2D eigenvalue weighted by molar-refractivity contribution is 0.0448. The second-order valence-corrected chi connectivity index (χ2v) is 9.89. The molecule has 1 aromatic heterocycles. The summed E-state index contributed by atoms with van der Waals surface area (Å²) in [6.07, 6.45) is 11.0. The van der Waals surface area contributed by atoms with Crippen molar-refractivity contribution in [2.45, 2.75) is 90.1 Å². The number of aromatic amines is 1. The summed E-state index contributed by atoms with van der Waals surface area (Å²) in [6, 6.07) is 7.52. The van der Waals surface area contributed by atoms with Crippen LogP contribution in [-0.4, -0.2) is 45.6 Å². The van der Waals surface area contributed by atoms with Gasteiger partial charge in [-0.25, -0.2) is 4.79 Å². The fourth-order valence-electron chi connectivity index (χ4n) is 5.60. The van der Waals surface area contributed by atoms with Gasteiger partial charge in [-0.2, -0.15) is 0 Å². The molecule has 2 fully saturated rings. The lowest BCUT2D eigenvalue weighted by Crippen LogP contribution is -2.48. The maximum atomic E-state index is 14.0. The zero-order valence-electron chi connectivity index (χ0n) is 21.7. The Balaban J connectivity index is 1.69. The second-order valence-electron chi connectivity index (χ2n) is 9.89. The van der Waals surface area contributed by atoms with Crippen LogP contribution in [0.4, 0.5) is 11.4 Å². The zero-order valence-corrected chi connectivity index (χ0v) is 21.7. The van der Waals surface area contributed by atoms with Crippen LogP contribution in [0.3, 0.4) is 0 Å². The standard InChI is InChI=1S/C28H36N4O5/c1-3-37-28(36)23-18(2)24(26(34)29-25(23)33)31-30-22-17-11-10-16-21(22)27(35)32(19-12-6-4-7-13-19)20-14-8-5-9-15-20/h10-11,16-17,19-20H,3-9,12-15H2,1-2H3,(H2,29,33,34)/b31-30+. The molecular weight excluding hydrogens is 472 g/mol. The maximum absolute atomic E-state index is 14.0. The van der Waals surface area contributed by atoms with Crippen LogP contribution in [-0.2, 0) is 4.74 Å². The minimum Gasteiger partial charge on any atom is -0.493 e. The van der Waals surface area contributed by atoms with Crippen molar-refractivity contribution in [2.75, 3.05) is 6.61 Å². The van der Waals surface area contributed by atoms with E-state index in [2.05, 4.69) is 20.1 Å². The van der Waals surface area contributed by atoms with E-state index in [-0.39, 0.29) is 41.4 Å². The first-order chi connectivity index (χ1) is 17.9. The lowest BCUT2D eigenvalue weighted by atomic mass is 9.88. The molecule has 37 heavy (non-hydrogen) atoms. The van der Waals surface area contributed by atoms with Crippen molar-refractivity contribution in [3.05, 3.63) is 51.3 Å². The third-order valence-electron chi connectivity index (χ3n) is 7.46. The van der Waals surface area contributed by atoms with E-state index in [1.807, 2.05) is 6.07 Å². The van der Waals surface area contributed by atoms with Gasteiger partial charge < -0.3 is 14.7 Å². The van der Waals surface area contributed by atoms with Crippen LogP contribution in [0.25, 0.3) is 0 Å². The summed E-state index contributed by atoms with van der Waals surface area (Å²) < 4.78 is 4.98. The summed E-state index contributed by atoms with van der Waals surface area (Å²) in [5, 5.41) is 18.8. The van der Waals surface area contributed by atoms with Crippen molar-refractivity contribution in [3.63, 3.8) is 0 Å². The fraction of sp³-hybridized carbons (Fsp3) is 0.536. The molecule has 0 atom stereocenters. The summed E-state index contributed by atoms with van der Waals surface area (Å²) in [7, 11) is 0. The summed E-state index contributed by atoms with van der Waals surface area (Å²) in [4.78, 5) is 43.0. The number of aromatic nitrogens is 1. The predicted molar refractivity (Wildman–Crippen MR) is 140 cm³/mol. The number of H-pyrrole nitrogens is 1. The van der Waals surface area contributed by atoms with Gasteiger partial charge in [0.25, 0.3) is 11.5 Å². The lowest BCUT2D eigenvalue weighted by Gasteiger charge is -2.42. The number of carbonyl (C=O) groups excluding carboxylic acids is 2. The van der Waals surface area contributed by atoms with Crippen LogP contribution in [0.15, 0.2) is 39.3 Å². The molecule has 9 heteroatoms. The normalized spacial score (nSPS) is 17.1. The Bertz CT molecular complexity index is 1190. The average Bonchev–Trinajstić information content (AvgIpc) is 2.90. The number of hydrogen-bond donors (Lipinski definition) is 2. The number of rotatable bonds is 7. The fourth-order valence-corrected chi connectivity index (χ4v) is 5.60. The molecule has 0 radical (unpaired) electrons. The Kier molecular flexibility index (Phi) is 8.74. The first kappa shape index (κ1) is 26.6. The highest BCUT2D eigenvalue weighted by Gasteiger charge is 2.34. The van der Waals surface area contributed by atoms with Gasteiger partial charge in [0.15, 0.2) is 0 Å². The Morgan fingerprint density at radius 3 is 2.19 bits per heavy atom. The molecule has 2 aliphatic rings. The van der Waals surface area contributed by atoms with E-state index in [0.29, 0.717) is 11.3 Å². The van der Waals surface area contributed by atoms with Gasteiger partial charge in [-0.05, 0) is 51.7 Å². The molecule has 0 unspecified atom stereocenters. The predicted octanol–water partition coefficient (Wildman–Crippen LogP) is 6.09. The van der Waals surface area contributed by atoms with Crippen LogP contribution < -0.4 is 5.56 Å². The smallest absolute Gasteiger partial charge is 0.344 e. The number of nitrogens with zero attached hydrogens (tertiary/aromatic N) is 3. The highest BCUT2D eigenvalue weighted by atomic mass is 16.5. The van der Waals surface area contributed by atoms with Crippen LogP contribution in [0, 0.1) is 6.92 Å². The summed E-state index contributed by atoms with van der Waals surface area (Å²) in [5.74, 6) is -1.35. The molecule has 2 N–H and O–H groups in total. The van der Waals surface area contributed by atoms with Crippen molar-refractivity contribution >= 4 is 23.3 Å². The topological polar surface area (TPSA) is 124 Å². The van der Waals surface area contributed by atoms with Crippen LogP contribution in [0.1, 0.15) is 97.4 Å². The number of hydrogen-bond acceptors (Lipinski definition) is 7. The highest BCUT2D eigenvalue weighted by Crippen LogP contribution is 2.35. The number of ether oxygens (including phenoxy) is 1. The number of esters is 1. The molecule has 4 rings (SSSR count). The van der Waals surface area contributed by atoms with E-state index in [9.17, 15) is 19.5 Å². The van der Waals surface area contributed by atoms with Gasteiger partial charge in [0.2, 0.25) is 5.88 Å². The Hall–Kier alpha value is -3.49. The monoisotopic (exact) mass is 508 g/mol. The second kappa shape index (κ2) is 12.2. The molecule has 0 aliphatic heterocycles. The summed E-state index contributed by atoms with van der Waals surface area (Å²) >= 11 is 0. The van der Waals surface area contributed by atoms with Crippen molar-refractivity contribution in [3.8, 4) is 5.88 Å². The first-order valence-corrected chi connectivity index (χ1v) is 13.4. The number of nitrogens with one attached hydrogen (secondary N) is 1. The number of carbonyl (C=O) groups is 2. The number of benzene rings is 1. The van der Waals surface area contributed by atoms with Gasteiger partial charge in [0.1, 0.15) is 11.3 Å². The molecule has 0 spiro atoms. The Labute approximate surface area is 216 Å². The average molecular weight is 509 g/mol. The van der Waals surface area contributed by atoms with E-state index >= 15 is 0 Å². The molecule has 2 aromatic rings. The number of aromatic hydroxyl groups is 1. The molecule has 0 saturated heterocycles. The summed E-state index contributed by atoms with van der Waals surface area (Å²) in [5.41, 5.74) is -0.0849. The largest absolute Gasteiger partial charge is 0.493 e. The quantitative estimate of drug-likeness (QED) is 0.346. The number of pyridine rings is 1. The molecule has 1 aromatic carbocycles. The molecule has 1 heterocycles. The first-order valence-electron chi connectivity index (χ1n) is 13.4. The molecular formula is C28H36N4O5. The van der Waals surface area contributed by atoms with Gasteiger partial charge in [-0.3, -0.25) is 14.6 Å². The molecule has 9 nitrogen and oxygen atoms in total. The third-order valence-corrected chi connectivity index (χ3v) is 7.46. The highest BCUT2D eigenvalue weighted by molar-refractivity contribution is 5.99. The third kappa shape index (κ3) is 5.92. The molecule has 198 valence electrons. The SMILES string of the molecule is CCOC(=O)c1c(C)c(/N=N/c2ccccc2C(=O)N(C2CCCCC2)C2CCCCC2)c(O)[nH]c1=O. The van der Waals surface area contributed by atoms with Crippen molar-refractivity contribution in [1.29, 1.82) is 0 Å². The summed E-state index contributed by atoms with van der Waals surface area (Å²) in [6.45, 7) is 3.24. The van der Waals surface area contributed by atoms with Gasteiger partial charge >= 0.3 is 5.97 Å². The minimum atomic E-state index is -0.802. The van der Waals surface area contributed by atoms with Crippen molar-refractivity contribution < 1.29 is 19.4 Å². The van der Waals surface area contributed by atoms with E-state index in [1.165, 1.54) is 19.8 Å². The zero-order chi connectivity index (χ0) is 26.4. The van der Waals surface area contributed by atoms with Crippen molar-refractivity contribution in [2.24, 2.45) is 10.2 Å². The Morgan fingerprint density at radius 1 is 1.00 bits per heavy atom. The molecule has 1 amide bonds. The maximum Gasteiger partial charge on any atom is 0.344 e. The molecule has 0 bridgehead atoms. The number of azo groups is 1. The molecule has 2 saturated carbocycles. The van der Waals surface area contributed by atoms with E-state index in [0.717, 1.165) is 51.4 Å². The van der Waals surface area contributed by atoms with Gasteiger partial charge in [-0.15, -0.1) is 10.2 Å². The van der Waals surface area contributed by atoms with Crippen LogP contribution >= 0.6 is 0 Å². The van der Waals surface area contributed by atoms with Crippen LogP contribution in [0.2, 0.25) is 0 Å². The van der Waals surface area contributed by atoms with E-state index in [4.69, 9.17) is 4.74 Å². The van der Waals surface area contributed by atoms with E-state index in [1.54, 1.807) is 25.1 Å². The minimum absolute atomic E-state index is 0.0389. The van der Waals surface area contributed by atoms with Crippen molar-refractivity contribution in [1.82, 2.24) is 9.88 Å². The molecule has 2 aliphatic carbocycles. The van der Waals surface area contributed by atoms with Gasteiger partial charge in [0.05, 0.1) is 17.9 Å².